The van der Waals surface area contributed by atoms with Crippen molar-refractivity contribution in [2.45, 2.75) is 38.5 Å². The molecule has 0 spiro atoms. The first-order valence-electron chi connectivity index (χ1n) is 3.77. The third-order valence-electron chi connectivity index (χ3n) is 1.77. The predicted octanol–water partition coefficient (Wildman–Crippen LogP) is 2.78. The number of aliphatic hydroxyl groups excluding tert-OH is 1. The van der Waals surface area contributed by atoms with Crippen LogP contribution in [0.5, 0.6) is 0 Å². The second kappa shape index (κ2) is 3.54. The quantitative estimate of drug-likeness (QED) is 0.529. The standard InChI is InChI=1S/C8H14O/c9-8-6-4-2-1-3-5-7-8/h6,9H,1-5,7H2. The first-order chi connectivity index (χ1) is 4.39. The van der Waals surface area contributed by atoms with Gasteiger partial charge in [-0.2, -0.15) is 0 Å². The van der Waals surface area contributed by atoms with Crippen LogP contribution in [0.4, 0.5) is 0 Å². The fourth-order valence-corrected chi connectivity index (χ4v) is 1.17. The van der Waals surface area contributed by atoms with Gasteiger partial charge < -0.3 is 5.11 Å². The lowest BCUT2D eigenvalue weighted by Crippen LogP contribution is -1.87. The minimum atomic E-state index is 0.606. The lowest BCUT2D eigenvalue weighted by Gasteiger charge is -2.04. The highest BCUT2D eigenvalue weighted by molar-refractivity contribution is 4.91. The molecule has 52 valence electrons. The van der Waals surface area contributed by atoms with E-state index in [0.717, 1.165) is 12.8 Å². The number of allylic oxidation sites excluding steroid dienone is 2. The van der Waals surface area contributed by atoms with Crippen molar-refractivity contribution < 1.29 is 5.11 Å². The number of hydrogen-bond acceptors (Lipinski definition) is 1. The van der Waals surface area contributed by atoms with Crippen LogP contribution in [0, 0.1) is 0 Å². The number of aliphatic hydroxyl groups is 1. The van der Waals surface area contributed by atoms with Gasteiger partial charge in [0.2, 0.25) is 0 Å². The Labute approximate surface area is 56.4 Å². The van der Waals surface area contributed by atoms with Gasteiger partial charge >= 0.3 is 0 Å². The zero-order chi connectivity index (χ0) is 6.53. The van der Waals surface area contributed by atoms with Gasteiger partial charge in [-0.1, -0.05) is 12.8 Å². The summed E-state index contributed by atoms with van der Waals surface area (Å²) in [5, 5.41) is 9.08. The Balaban J connectivity index is 2.32. The maximum Gasteiger partial charge on any atom is 0.0882 e. The van der Waals surface area contributed by atoms with Crippen molar-refractivity contribution in [2.24, 2.45) is 0 Å². The fourth-order valence-electron chi connectivity index (χ4n) is 1.17. The molecular formula is C8H14O. The highest BCUT2D eigenvalue weighted by atomic mass is 16.3. The van der Waals surface area contributed by atoms with Crippen LogP contribution in [-0.4, -0.2) is 5.11 Å². The van der Waals surface area contributed by atoms with Gasteiger partial charge in [0.15, 0.2) is 0 Å². The van der Waals surface area contributed by atoms with Crippen molar-refractivity contribution in [1.29, 1.82) is 0 Å². The average molecular weight is 126 g/mol. The van der Waals surface area contributed by atoms with E-state index in [9.17, 15) is 0 Å². The Morgan fingerprint density at radius 2 is 1.89 bits per heavy atom. The Kier molecular flexibility index (Phi) is 2.62. The van der Waals surface area contributed by atoms with Crippen LogP contribution in [0.15, 0.2) is 11.8 Å². The molecule has 0 saturated carbocycles. The van der Waals surface area contributed by atoms with E-state index in [1.54, 1.807) is 0 Å². The molecule has 1 aliphatic carbocycles. The molecule has 1 N–H and O–H groups in total. The van der Waals surface area contributed by atoms with E-state index in [-0.39, 0.29) is 0 Å². The largest absolute Gasteiger partial charge is 0.513 e. The molecule has 0 amide bonds. The smallest absolute Gasteiger partial charge is 0.0882 e. The van der Waals surface area contributed by atoms with Gasteiger partial charge in [-0.25, -0.2) is 0 Å². The third kappa shape index (κ3) is 2.54. The van der Waals surface area contributed by atoms with Gasteiger partial charge in [-0.15, -0.1) is 0 Å². The van der Waals surface area contributed by atoms with E-state index in [1.165, 1.54) is 25.7 Å². The highest BCUT2D eigenvalue weighted by Crippen LogP contribution is 2.14. The molecule has 0 saturated heterocycles. The summed E-state index contributed by atoms with van der Waals surface area (Å²) in [7, 11) is 0. The SMILES string of the molecule is OC1=CCCCCCC1. The first kappa shape index (κ1) is 6.66. The molecule has 1 aliphatic rings. The normalized spacial score (nSPS) is 22.0. The van der Waals surface area contributed by atoms with Gasteiger partial charge in [0.1, 0.15) is 0 Å². The Hall–Kier alpha value is -0.460. The Bertz CT molecular complexity index is 105. The summed E-state index contributed by atoms with van der Waals surface area (Å²) in [6.07, 6.45) is 8.99. The lowest BCUT2D eigenvalue weighted by molar-refractivity contribution is 0.372. The molecule has 0 heterocycles. The number of hydrogen-bond donors (Lipinski definition) is 1. The van der Waals surface area contributed by atoms with Gasteiger partial charge in [0.25, 0.3) is 0 Å². The molecule has 1 rings (SSSR count). The van der Waals surface area contributed by atoms with E-state index < -0.39 is 0 Å². The monoisotopic (exact) mass is 126 g/mol. The molecule has 0 unspecified atom stereocenters. The van der Waals surface area contributed by atoms with Crippen molar-refractivity contribution in [1.82, 2.24) is 0 Å². The predicted molar refractivity (Wildman–Crippen MR) is 38.4 cm³/mol. The molecule has 1 nitrogen and oxygen atoms in total. The van der Waals surface area contributed by atoms with Crippen LogP contribution in [0.1, 0.15) is 38.5 Å². The van der Waals surface area contributed by atoms with E-state index in [1.807, 2.05) is 6.08 Å². The molecule has 0 radical (unpaired) electrons. The zero-order valence-corrected chi connectivity index (χ0v) is 5.77. The molecule has 0 aromatic heterocycles. The van der Waals surface area contributed by atoms with Crippen molar-refractivity contribution in [3.8, 4) is 0 Å². The lowest BCUT2D eigenvalue weighted by atomic mass is 10.1. The average Bonchev–Trinajstić information content (AvgIpc) is 1.79. The van der Waals surface area contributed by atoms with Crippen molar-refractivity contribution >= 4 is 0 Å². The first-order valence-corrected chi connectivity index (χ1v) is 3.77. The summed E-state index contributed by atoms with van der Waals surface area (Å²) in [4.78, 5) is 0. The van der Waals surface area contributed by atoms with E-state index in [2.05, 4.69) is 0 Å². The van der Waals surface area contributed by atoms with Crippen LogP contribution in [0.2, 0.25) is 0 Å². The molecule has 0 atom stereocenters. The minimum Gasteiger partial charge on any atom is -0.513 e. The Morgan fingerprint density at radius 1 is 1.11 bits per heavy atom. The summed E-state index contributed by atoms with van der Waals surface area (Å²) in [5.74, 6) is 0.606. The topological polar surface area (TPSA) is 20.2 Å². The molecule has 1 heteroatoms. The van der Waals surface area contributed by atoms with Gasteiger partial charge in [0.05, 0.1) is 5.76 Å². The summed E-state index contributed by atoms with van der Waals surface area (Å²) < 4.78 is 0. The highest BCUT2D eigenvalue weighted by Gasteiger charge is 1.97. The van der Waals surface area contributed by atoms with Crippen LogP contribution < -0.4 is 0 Å². The second-order valence-electron chi connectivity index (χ2n) is 2.65. The molecular weight excluding hydrogens is 112 g/mol. The molecule has 0 fully saturated rings. The summed E-state index contributed by atoms with van der Waals surface area (Å²) in [5.41, 5.74) is 0. The fraction of sp³-hybridized carbons (Fsp3) is 0.750. The maximum absolute atomic E-state index is 9.08. The summed E-state index contributed by atoms with van der Waals surface area (Å²) in [6, 6.07) is 0. The molecule has 0 aromatic carbocycles. The summed E-state index contributed by atoms with van der Waals surface area (Å²) in [6.45, 7) is 0. The van der Waals surface area contributed by atoms with E-state index in [0.29, 0.717) is 5.76 Å². The van der Waals surface area contributed by atoms with E-state index >= 15 is 0 Å². The maximum atomic E-state index is 9.08. The number of rotatable bonds is 0. The van der Waals surface area contributed by atoms with Crippen LogP contribution >= 0.6 is 0 Å². The third-order valence-corrected chi connectivity index (χ3v) is 1.77. The minimum absolute atomic E-state index is 0.606. The van der Waals surface area contributed by atoms with Gasteiger partial charge in [-0.3, -0.25) is 0 Å². The van der Waals surface area contributed by atoms with Crippen LogP contribution in [-0.2, 0) is 0 Å². The molecule has 0 aromatic rings. The molecule has 0 aliphatic heterocycles. The van der Waals surface area contributed by atoms with Crippen LogP contribution in [0.25, 0.3) is 0 Å². The second-order valence-corrected chi connectivity index (χ2v) is 2.65. The Morgan fingerprint density at radius 3 is 2.78 bits per heavy atom. The van der Waals surface area contributed by atoms with Gasteiger partial charge in [-0.05, 0) is 25.3 Å². The van der Waals surface area contributed by atoms with Gasteiger partial charge in [0, 0.05) is 6.42 Å². The van der Waals surface area contributed by atoms with Crippen LogP contribution in [0.3, 0.4) is 0 Å². The zero-order valence-electron chi connectivity index (χ0n) is 5.77. The molecule has 0 bridgehead atoms. The van der Waals surface area contributed by atoms with Crippen molar-refractivity contribution in [3.05, 3.63) is 11.8 Å². The summed E-state index contributed by atoms with van der Waals surface area (Å²) >= 11 is 0. The van der Waals surface area contributed by atoms with Crippen molar-refractivity contribution in [2.75, 3.05) is 0 Å². The van der Waals surface area contributed by atoms with E-state index in [4.69, 9.17) is 5.11 Å². The van der Waals surface area contributed by atoms with Crippen molar-refractivity contribution in [3.63, 3.8) is 0 Å². The molecule has 9 heavy (non-hydrogen) atoms.